The molecule has 1 atom stereocenters. The zero-order valence-electron chi connectivity index (χ0n) is 10.3. The zero-order valence-corrected chi connectivity index (χ0v) is 11.2. The van der Waals surface area contributed by atoms with Gasteiger partial charge in [-0.05, 0) is 25.1 Å². The summed E-state index contributed by atoms with van der Waals surface area (Å²) in [6.07, 6.45) is 0. The maximum absolute atomic E-state index is 12.0. The van der Waals surface area contributed by atoms with Crippen molar-refractivity contribution in [3.63, 3.8) is 0 Å². The van der Waals surface area contributed by atoms with Gasteiger partial charge in [-0.15, -0.1) is 0 Å². The van der Waals surface area contributed by atoms with E-state index < -0.39 is 10.0 Å². The van der Waals surface area contributed by atoms with Gasteiger partial charge in [0.05, 0.1) is 10.6 Å². The molecule has 2 rings (SSSR count). The summed E-state index contributed by atoms with van der Waals surface area (Å²) in [5.74, 6) is 0.135. The van der Waals surface area contributed by atoms with Crippen LogP contribution in [-0.2, 0) is 14.8 Å². The van der Waals surface area contributed by atoms with Gasteiger partial charge in [-0.25, -0.2) is 13.1 Å². The molecule has 19 heavy (non-hydrogen) atoms. The number of benzene rings is 1. The van der Waals surface area contributed by atoms with Crippen molar-refractivity contribution in [2.75, 3.05) is 18.5 Å². The molecule has 1 heterocycles. The molecule has 0 fully saturated rings. The number of carbonyl (C=O) groups is 1. The molecule has 1 aliphatic rings. The molecule has 4 N–H and O–H groups in total. The predicted molar refractivity (Wildman–Crippen MR) is 69.4 cm³/mol. The van der Waals surface area contributed by atoms with E-state index in [9.17, 15) is 13.2 Å². The summed E-state index contributed by atoms with van der Waals surface area (Å²) >= 11 is 0. The van der Waals surface area contributed by atoms with E-state index in [-0.39, 0.29) is 30.0 Å². The van der Waals surface area contributed by atoms with Crippen molar-refractivity contribution in [2.24, 2.45) is 5.73 Å². The Labute approximate surface area is 111 Å². The molecular formula is C11H15N3O4S. The Hall–Kier alpha value is -1.64. The molecule has 0 unspecified atom stereocenters. The lowest BCUT2D eigenvalue weighted by Gasteiger charge is -2.19. The zero-order chi connectivity index (χ0) is 14.0. The first-order valence-corrected chi connectivity index (χ1v) is 7.20. The Morgan fingerprint density at radius 3 is 2.95 bits per heavy atom. The average molecular weight is 285 g/mol. The number of nitrogens with two attached hydrogens (primary N) is 1. The minimum atomic E-state index is -3.66. The van der Waals surface area contributed by atoms with Crippen LogP contribution < -0.4 is 20.5 Å². The monoisotopic (exact) mass is 285 g/mol. The third kappa shape index (κ3) is 3.03. The summed E-state index contributed by atoms with van der Waals surface area (Å²) in [7, 11) is -3.66. The summed E-state index contributed by atoms with van der Waals surface area (Å²) in [4.78, 5) is 11.2. The normalized spacial score (nSPS) is 16.2. The summed E-state index contributed by atoms with van der Waals surface area (Å²) in [6.45, 7) is 1.80. The molecule has 0 saturated carbocycles. The second kappa shape index (κ2) is 5.16. The first-order chi connectivity index (χ1) is 8.92. The standard InChI is InChI=1S/C11H15N3O4S/c1-7(5-12)14-19(16,17)8-2-3-10-9(4-8)13-11(15)6-18-10/h2-4,7,14H,5-6,12H2,1H3,(H,13,15)/t7-/m1/s1. The second-order valence-electron chi connectivity index (χ2n) is 4.25. The van der Waals surface area contributed by atoms with Gasteiger partial charge in [0.25, 0.3) is 5.91 Å². The van der Waals surface area contributed by atoms with Crippen LogP contribution in [0.25, 0.3) is 0 Å². The summed E-state index contributed by atoms with van der Waals surface area (Å²) in [6, 6.07) is 3.92. The van der Waals surface area contributed by atoms with Crippen molar-refractivity contribution < 1.29 is 17.9 Å². The number of ether oxygens (including phenoxy) is 1. The van der Waals surface area contributed by atoms with Gasteiger partial charge in [-0.1, -0.05) is 0 Å². The Bertz CT molecular complexity index is 600. The van der Waals surface area contributed by atoms with Crippen LogP contribution in [0.3, 0.4) is 0 Å². The van der Waals surface area contributed by atoms with Crippen molar-refractivity contribution in [1.29, 1.82) is 0 Å². The minimum absolute atomic E-state index is 0.0531. The number of nitrogens with one attached hydrogen (secondary N) is 2. The molecule has 104 valence electrons. The molecular weight excluding hydrogens is 270 g/mol. The average Bonchev–Trinajstić information content (AvgIpc) is 2.37. The lowest BCUT2D eigenvalue weighted by atomic mass is 10.2. The van der Waals surface area contributed by atoms with Gasteiger partial charge in [-0.2, -0.15) is 0 Å². The Balaban J connectivity index is 2.31. The largest absolute Gasteiger partial charge is 0.482 e. The van der Waals surface area contributed by atoms with Crippen molar-refractivity contribution in [3.8, 4) is 5.75 Å². The number of hydrogen-bond donors (Lipinski definition) is 3. The molecule has 1 aromatic carbocycles. The van der Waals surface area contributed by atoms with Crippen LogP contribution in [0.2, 0.25) is 0 Å². The van der Waals surface area contributed by atoms with E-state index in [0.717, 1.165) is 0 Å². The molecule has 0 bridgehead atoms. The van der Waals surface area contributed by atoms with Crippen LogP contribution in [0.1, 0.15) is 6.92 Å². The molecule has 1 aliphatic heterocycles. The van der Waals surface area contributed by atoms with E-state index in [1.807, 2.05) is 0 Å². The van der Waals surface area contributed by atoms with Crippen LogP contribution in [0, 0.1) is 0 Å². The fourth-order valence-electron chi connectivity index (χ4n) is 1.61. The summed E-state index contributed by atoms with van der Waals surface area (Å²) in [5.41, 5.74) is 5.73. The summed E-state index contributed by atoms with van der Waals surface area (Å²) < 4.78 is 31.7. The van der Waals surface area contributed by atoms with Gasteiger partial charge in [0.2, 0.25) is 10.0 Å². The Kier molecular flexibility index (Phi) is 3.74. The molecule has 8 heteroatoms. The number of sulfonamides is 1. The van der Waals surface area contributed by atoms with E-state index in [4.69, 9.17) is 10.5 Å². The maximum Gasteiger partial charge on any atom is 0.262 e. The highest BCUT2D eigenvalue weighted by molar-refractivity contribution is 7.89. The molecule has 1 amide bonds. The fraction of sp³-hybridized carbons (Fsp3) is 0.364. The molecule has 1 aromatic rings. The number of hydrogen-bond acceptors (Lipinski definition) is 5. The third-order valence-corrected chi connectivity index (χ3v) is 4.19. The van der Waals surface area contributed by atoms with Gasteiger partial charge in [0, 0.05) is 12.6 Å². The number of carbonyl (C=O) groups excluding carboxylic acids is 1. The fourth-order valence-corrected chi connectivity index (χ4v) is 2.89. The van der Waals surface area contributed by atoms with Gasteiger partial charge >= 0.3 is 0 Å². The van der Waals surface area contributed by atoms with E-state index in [1.54, 1.807) is 6.92 Å². The summed E-state index contributed by atoms with van der Waals surface area (Å²) in [5, 5.41) is 2.56. The number of amides is 1. The number of rotatable bonds is 4. The van der Waals surface area contributed by atoms with Crippen LogP contribution in [-0.4, -0.2) is 33.5 Å². The second-order valence-corrected chi connectivity index (χ2v) is 5.97. The molecule has 0 spiro atoms. The minimum Gasteiger partial charge on any atom is -0.482 e. The van der Waals surface area contributed by atoms with Crippen LogP contribution >= 0.6 is 0 Å². The molecule has 0 saturated heterocycles. The quantitative estimate of drug-likeness (QED) is 0.700. The lowest BCUT2D eigenvalue weighted by molar-refractivity contribution is -0.118. The molecule has 0 aliphatic carbocycles. The third-order valence-electron chi connectivity index (χ3n) is 2.60. The Morgan fingerprint density at radius 2 is 2.26 bits per heavy atom. The molecule has 0 aromatic heterocycles. The van der Waals surface area contributed by atoms with Crippen molar-refractivity contribution in [3.05, 3.63) is 18.2 Å². The van der Waals surface area contributed by atoms with E-state index in [0.29, 0.717) is 11.4 Å². The molecule has 0 radical (unpaired) electrons. The van der Waals surface area contributed by atoms with Crippen molar-refractivity contribution in [2.45, 2.75) is 17.9 Å². The molecule has 7 nitrogen and oxygen atoms in total. The lowest BCUT2D eigenvalue weighted by Crippen LogP contribution is -2.37. The van der Waals surface area contributed by atoms with Crippen molar-refractivity contribution >= 4 is 21.6 Å². The SMILES string of the molecule is C[C@H](CN)NS(=O)(=O)c1ccc2c(c1)NC(=O)CO2. The predicted octanol–water partition coefficient (Wildman–Crippen LogP) is -0.357. The van der Waals surface area contributed by atoms with E-state index in [2.05, 4.69) is 10.0 Å². The Morgan fingerprint density at radius 1 is 1.53 bits per heavy atom. The van der Waals surface area contributed by atoms with Crippen LogP contribution in [0.15, 0.2) is 23.1 Å². The number of fused-ring (bicyclic) bond motifs is 1. The van der Waals surface area contributed by atoms with Crippen LogP contribution in [0.5, 0.6) is 5.75 Å². The van der Waals surface area contributed by atoms with Gasteiger partial charge in [0.15, 0.2) is 6.61 Å². The number of anilines is 1. The smallest absolute Gasteiger partial charge is 0.262 e. The van der Waals surface area contributed by atoms with Crippen LogP contribution in [0.4, 0.5) is 5.69 Å². The first-order valence-electron chi connectivity index (χ1n) is 5.71. The van der Waals surface area contributed by atoms with E-state index in [1.165, 1.54) is 18.2 Å². The topological polar surface area (TPSA) is 111 Å². The first kappa shape index (κ1) is 13.8. The van der Waals surface area contributed by atoms with Crippen molar-refractivity contribution in [1.82, 2.24) is 4.72 Å². The highest BCUT2D eigenvalue weighted by Gasteiger charge is 2.21. The van der Waals surface area contributed by atoms with Gasteiger partial charge < -0.3 is 15.8 Å². The highest BCUT2D eigenvalue weighted by Crippen LogP contribution is 2.29. The van der Waals surface area contributed by atoms with Gasteiger partial charge in [0.1, 0.15) is 5.75 Å². The maximum atomic E-state index is 12.0. The highest BCUT2D eigenvalue weighted by atomic mass is 32.2. The van der Waals surface area contributed by atoms with Gasteiger partial charge in [-0.3, -0.25) is 4.79 Å². The van der Waals surface area contributed by atoms with E-state index >= 15 is 0 Å².